The molecule has 0 saturated carbocycles. The van der Waals surface area contributed by atoms with Gasteiger partial charge in [-0.25, -0.2) is 0 Å². The molecular weight excluding hydrogens is 256 g/mol. The summed E-state index contributed by atoms with van der Waals surface area (Å²) in [5, 5.41) is 2.90. The molecule has 1 aliphatic rings. The van der Waals surface area contributed by atoms with Gasteiger partial charge in [0.2, 0.25) is 5.91 Å². The molecule has 1 heterocycles. The lowest BCUT2D eigenvalue weighted by Crippen LogP contribution is -2.32. The lowest BCUT2D eigenvalue weighted by molar-refractivity contribution is -0.113. The molecule has 1 aromatic rings. The van der Waals surface area contributed by atoms with Crippen LogP contribution in [-0.4, -0.2) is 31.0 Å². The van der Waals surface area contributed by atoms with Crippen LogP contribution in [0.5, 0.6) is 0 Å². The Morgan fingerprint density at radius 2 is 1.95 bits per heavy atom. The molecule has 3 nitrogen and oxygen atoms in total. The fourth-order valence-electron chi connectivity index (χ4n) is 2.35. The maximum Gasteiger partial charge on any atom is 0.234 e. The van der Waals surface area contributed by atoms with Crippen LogP contribution in [0.3, 0.4) is 0 Å². The molecule has 0 bridgehead atoms. The van der Waals surface area contributed by atoms with Crippen molar-refractivity contribution in [2.45, 2.75) is 19.8 Å². The van der Waals surface area contributed by atoms with Gasteiger partial charge in [0, 0.05) is 24.5 Å². The zero-order valence-corrected chi connectivity index (χ0v) is 12.5. The molecule has 0 atom stereocenters. The van der Waals surface area contributed by atoms with E-state index in [2.05, 4.69) is 29.3 Å². The van der Waals surface area contributed by atoms with E-state index in [1.807, 2.05) is 18.4 Å². The maximum atomic E-state index is 11.5. The number of piperidine rings is 1. The van der Waals surface area contributed by atoms with Crippen LogP contribution >= 0.6 is 11.8 Å². The first kappa shape index (κ1) is 14.3. The van der Waals surface area contributed by atoms with E-state index in [0.29, 0.717) is 5.75 Å². The van der Waals surface area contributed by atoms with Crippen LogP contribution in [0.4, 0.5) is 11.4 Å². The summed E-state index contributed by atoms with van der Waals surface area (Å²) in [6.07, 6.45) is 4.47. The summed E-state index contributed by atoms with van der Waals surface area (Å²) in [6.45, 7) is 4.60. The van der Waals surface area contributed by atoms with Gasteiger partial charge in [-0.2, -0.15) is 11.8 Å². The Kier molecular flexibility index (Phi) is 5.14. The minimum absolute atomic E-state index is 0.0621. The van der Waals surface area contributed by atoms with Crippen LogP contribution in [0.2, 0.25) is 0 Å². The molecule has 4 heteroatoms. The molecule has 1 saturated heterocycles. The second-order valence-corrected chi connectivity index (χ2v) is 6.06. The van der Waals surface area contributed by atoms with E-state index in [1.165, 1.54) is 30.3 Å². The number of thioether (sulfide) groups is 1. The summed E-state index contributed by atoms with van der Waals surface area (Å²) >= 11 is 1.53. The molecule has 0 radical (unpaired) electrons. The molecule has 2 rings (SSSR count). The number of anilines is 2. The number of nitrogens with zero attached hydrogens (tertiary/aromatic N) is 1. The minimum Gasteiger partial charge on any atom is -0.372 e. The Labute approximate surface area is 119 Å². The fraction of sp³-hybridized carbons (Fsp3) is 0.533. The van der Waals surface area contributed by atoms with Gasteiger partial charge in [0.1, 0.15) is 0 Å². The summed E-state index contributed by atoms with van der Waals surface area (Å²) in [7, 11) is 0. The molecule has 1 aliphatic heterocycles. The lowest BCUT2D eigenvalue weighted by Gasteiger charge is -2.32. The van der Waals surface area contributed by atoms with E-state index < -0.39 is 0 Å². The standard InChI is InChI=1S/C15H22N2OS/c1-12-7-9-17(10-8-12)14-5-3-13(4-6-14)16-15(18)11-19-2/h3-6,12H,7-11H2,1-2H3,(H,16,18). The molecule has 19 heavy (non-hydrogen) atoms. The Hall–Kier alpha value is -1.16. The number of nitrogens with one attached hydrogen (secondary N) is 1. The summed E-state index contributed by atoms with van der Waals surface area (Å²) in [5.74, 6) is 1.42. The number of hydrogen-bond acceptors (Lipinski definition) is 3. The smallest absolute Gasteiger partial charge is 0.234 e. The molecular formula is C15H22N2OS. The monoisotopic (exact) mass is 278 g/mol. The second-order valence-electron chi connectivity index (χ2n) is 5.20. The van der Waals surface area contributed by atoms with Crippen molar-refractivity contribution in [3.05, 3.63) is 24.3 Å². The van der Waals surface area contributed by atoms with Gasteiger partial charge < -0.3 is 10.2 Å². The fourth-order valence-corrected chi connectivity index (χ4v) is 2.68. The normalized spacial score (nSPS) is 16.4. The van der Waals surface area contributed by atoms with Gasteiger partial charge in [0.25, 0.3) is 0 Å². The van der Waals surface area contributed by atoms with Crippen LogP contribution in [0.15, 0.2) is 24.3 Å². The van der Waals surface area contributed by atoms with E-state index in [9.17, 15) is 4.79 Å². The predicted octanol–water partition coefficient (Wildman–Crippen LogP) is 3.22. The van der Waals surface area contributed by atoms with Crippen molar-refractivity contribution in [1.82, 2.24) is 0 Å². The van der Waals surface area contributed by atoms with Crippen molar-refractivity contribution < 1.29 is 4.79 Å². The topological polar surface area (TPSA) is 32.3 Å². The highest BCUT2D eigenvalue weighted by atomic mass is 32.2. The van der Waals surface area contributed by atoms with Gasteiger partial charge in [-0.3, -0.25) is 4.79 Å². The van der Waals surface area contributed by atoms with Crippen LogP contribution in [0.25, 0.3) is 0 Å². The molecule has 1 amide bonds. The minimum atomic E-state index is 0.0621. The Bertz CT molecular complexity index is 411. The number of carbonyl (C=O) groups excluding carboxylic acids is 1. The van der Waals surface area contributed by atoms with E-state index in [-0.39, 0.29) is 5.91 Å². The van der Waals surface area contributed by atoms with Gasteiger partial charge >= 0.3 is 0 Å². The van der Waals surface area contributed by atoms with Crippen molar-refractivity contribution >= 4 is 29.0 Å². The number of benzene rings is 1. The van der Waals surface area contributed by atoms with E-state index >= 15 is 0 Å². The predicted molar refractivity (Wildman–Crippen MR) is 84.1 cm³/mol. The van der Waals surface area contributed by atoms with Crippen molar-refractivity contribution in [3.63, 3.8) is 0 Å². The highest BCUT2D eigenvalue weighted by molar-refractivity contribution is 7.99. The van der Waals surface area contributed by atoms with Crippen LogP contribution in [-0.2, 0) is 4.79 Å². The van der Waals surface area contributed by atoms with Gasteiger partial charge in [0.05, 0.1) is 5.75 Å². The number of carbonyl (C=O) groups is 1. The van der Waals surface area contributed by atoms with Gasteiger partial charge in [-0.1, -0.05) is 6.92 Å². The molecule has 1 fully saturated rings. The van der Waals surface area contributed by atoms with Crippen LogP contribution in [0.1, 0.15) is 19.8 Å². The molecule has 1 aromatic carbocycles. The second kappa shape index (κ2) is 6.85. The summed E-state index contributed by atoms with van der Waals surface area (Å²) in [4.78, 5) is 13.9. The Morgan fingerprint density at radius 3 is 2.53 bits per heavy atom. The highest BCUT2D eigenvalue weighted by Crippen LogP contribution is 2.24. The average Bonchev–Trinajstić information content (AvgIpc) is 2.41. The van der Waals surface area contributed by atoms with Crippen molar-refractivity contribution in [2.75, 3.05) is 35.3 Å². The first-order valence-electron chi connectivity index (χ1n) is 6.83. The largest absolute Gasteiger partial charge is 0.372 e. The van der Waals surface area contributed by atoms with Crippen molar-refractivity contribution in [3.8, 4) is 0 Å². The summed E-state index contributed by atoms with van der Waals surface area (Å²) in [5.41, 5.74) is 2.14. The van der Waals surface area contributed by atoms with Crippen LogP contribution in [0, 0.1) is 5.92 Å². The van der Waals surface area contributed by atoms with Crippen molar-refractivity contribution in [1.29, 1.82) is 0 Å². The van der Waals surface area contributed by atoms with Crippen molar-refractivity contribution in [2.24, 2.45) is 5.92 Å². The van der Waals surface area contributed by atoms with E-state index in [0.717, 1.165) is 24.7 Å². The molecule has 0 unspecified atom stereocenters. The summed E-state index contributed by atoms with van der Waals surface area (Å²) in [6, 6.07) is 8.19. The maximum absolute atomic E-state index is 11.5. The molecule has 0 aromatic heterocycles. The molecule has 0 spiro atoms. The number of hydrogen-bond donors (Lipinski definition) is 1. The zero-order valence-electron chi connectivity index (χ0n) is 11.7. The molecule has 104 valence electrons. The molecule has 1 N–H and O–H groups in total. The zero-order chi connectivity index (χ0) is 13.7. The van der Waals surface area contributed by atoms with Gasteiger partial charge in [-0.15, -0.1) is 0 Å². The lowest BCUT2D eigenvalue weighted by atomic mass is 9.99. The van der Waals surface area contributed by atoms with Gasteiger partial charge in [-0.05, 0) is 49.3 Å². The third kappa shape index (κ3) is 4.16. The van der Waals surface area contributed by atoms with Crippen LogP contribution < -0.4 is 10.2 Å². The highest BCUT2D eigenvalue weighted by Gasteiger charge is 2.15. The first-order chi connectivity index (χ1) is 9.19. The first-order valence-corrected chi connectivity index (χ1v) is 8.22. The van der Waals surface area contributed by atoms with E-state index in [4.69, 9.17) is 0 Å². The summed E-state index contributed by atoms with van der Waals surface area (Å²) < 4.78 is 0. The Morgan fingerprint density at radius 1 is 1.32 bits per heavy atom. The third-order valence-electron chi connectivity index (χ3n) is 3.58. The molecule has 0 aliphatic carbocycles. The SMILES string of the molecule is CSCC(=O)Nc1ccc(N2CCC(C)CC2)cc1. The third-order valence-corrected chi connectivity index (χ3v) is 4.13. The quantitative estimate of drug-likeness (QED) is 0.918. The Balaban J connectivity index is 1.92. The number of rotatable bonds is 4. The number of amides is 1. The average molecular weight is 278 g/mol. The van der Waals surface area contributed by atoms with E-state index in [1.54, 1.807) is 0 Å². The van der Waals surface area contributed by atoms with Gasteiger partial charge in [0.15, 0.2) is 0 Å².